The lowest BCUT2D eigenvalue weighted by Crippen LogP contribution is -2.22. The van der Waals surface area contributed by atoms with Gasteiger partial charge in [0.25, 0.3) is 5.69 Å². The summed E-state index contributed by atoms with van der Waals surface area (Å²) >= 11 is 0. The molecule has 0 saturated carbocycles. The monoisotopic (exact) mass is 377 g/mol. The minimum Gasteiger partial charge on any atom is -0.478 e. The molecule has 0 bridgehead atoms. The van der Waals surface area contributed by atoms with Gasteiger partial charge in [0, 0.05) is 26.8 Å². The highest BCUT2D eigenvalue weighted by atomic mass is 28.3. The predicted octanol–water partition coefficient (Wildman–Crippen LogP) is 4.48. The summed E-state index contributed by atoms with van der Waals surface area (Å²) in [4.78, 5) is 10.5. The third-order valence-electron chi connectivity index (χ3n) is 3.94. The van der Waals surface area contributed by atoms with Crippen molar-refractivity contribution in [3.8, 4) is 17.0 Å². The number of nitro groups is 1. The van der Waals surface area contributed by atoms with Crippen molar-refractivity contribution in [1.82, 2.24) is 9.78 Å². The summed E-state index contributed by atoms with van der Waals surface area (Å²) in [6.45, 7) is 12.3. The fraction of sp³-hybridized carbons (Fsp3) is 0.500. The molecule has 0 radical (unpaired) electrons. The molecule has 0 unspecified atom stereocenters. The summed E-state index contributed by atoms with van der Waals surface area (Å²) < 4.78 is 13.3. The van der Waals surface area contributed by atoms with Gasteiger partial charge in [-0.1, -0.05) is 19.6 Å². The average molecular weight is 378 g/mol. The molecule has 1 aromatic heterocycles. The molecule has 0 aliphatic carbocycles. The van der Waals surface area contributed by atoms with Crippen LogP contribution in [0.15, 0.2) is 24.3 Å². The van der Waals surface area contributed by atoms with Crippen LogP contribution in [0.1, 0.15) is 12.6 Å². The first-order valence-electron chi connectivity index (χ1n) is 8.75. The zero-order valence-corrected chi connectivity index (χ0v) is 17.1. The minimum atomic E-state index is -1.14. The Labute approximate surface area is 155 Å². The molecule has 2 aromatic rings. The number of rotatable bonds is 9. The topological polar surface area (TPSA) is 79.4 Å². The van der Waals surface area contributed by atoms with E-state index in [1.54, 1.807) is 16.8 Å². The van der Waals surface area contributed by atoms with Gasteiger partial charge in [0.15, 0.2) is 0 Å². The number of ether oxygens (including phenoxy) is 2. The molecular weight excluding hydrogens is 350 g/mol. The highest BCUT2D eigenvalue weighted by molar-refractivity contribution is 6.76. The molecule has 2 rings (SSSR count). The highest BCUT2D eigenvalue weighted by Crippen LogP contribution is 2.34. The van der Waals surface area contributed by atoms with Gasteiger partial charge in [-0.05, 0) is 37.6 Å². The fourth-order valence-electron chi connectivity index (χ4n) is 2.54. The van der Waals surface area contributed by atoms with E-state index in [4.69, 9.17) is 9.47 Å². The van der Waals surface area contributed by atoms with Crippen LogP contribution in [-0.4, -0.2) is 36.0 Å². The zero-order valence-electron chi connectivity index (χ0n) is 16.1. The summed E-state index contributed by atoms with van der Waals surface area (Å²) in [5.74, 6) is 0.631. The second-order valence-corrected chi connectivity index (χ2v) is 13.0. The third-order valence-corrected chi connectivity index (χ3v) is 5.64. The van der Waals surface area contributed by atoms with E-state index < -0.39 is 13.0 Å². The molecular formula is C18H27N3O4Si. The first-order valence-corrected chi connectivity index (χ1v) is 12.5. The zero-order chi connectivity index (χ0) is 19.3. The highest BCUT2D eigenvalue weighted by Gasteiger charge is 2.19. The van der Waals surface area contributed by atoms with E-state index in [0.717, 1.165) is 22.9 Å². The molecule has 1 heterocycles. The normalized spacial score (nSPS) is 11.6. The molecule has 0 N–H and O–H groups in total. The van der Waals surface area contributed by atoms with Gasteiger partial charge in [-0.15, -0.1) is 0 Å². The van der Waals surface area contributed by atoms with Gasteiger partial charge in [-0.25, -0.2) is 4.68 Å². The Morgan fingerprint density at radius 1 is 1.23 bits per heavy atom. The second kappa shape index (κ2) is 8.46. The third kappa shape index (κ3) is 5.15. The van der Waals surface area contributed by atoms with Gasteiger partial charge in [0.2, 0.25) is 5.88 Å². The number of nitrogens with zero attached hydrogens (tertiary/aromatic N) is 3. The maximum atomic E-state index is 10.9. The summed E-state index contributed by atoms with van der Waals surface area (Å²) in [5, 5.41) is 15.4. The SMILES string of the molecule is CCOc1c(-c2ccc([N+](=O)[O-])cc2)c(C)nn1COCC[Si](C)(C)C. The summed E-state index contributed by atoms with van der Waals surface area (Å²) in [7, 11) is -1.14. The Kier molecular flexibility index (Phi) is 6.55. The van der Waals surface area contributed by atoms with Crippen molar-refractivity contribution in [2.75, 3.05) is 13.2 Å². The molecule has 7 nitrogen and oxygen atoms in total. The number of hydrogen-bond acceptors (Lipinski definition) is 5. The Hall–Kier alpha value is -2.19. The van der Waals surface area contributed by atoms with Crippen molar-refractivity contribution in [3.05, 3.63) is 40.1 Å². The predicted molar refractivity (Wildman–Crippen MR) is 104 cm³/mol. The molecule has 1 aromatic carbocycles. The van der Waals surface area contributed by atoms with Gasteiger partial charge in [0.05, 0.1) is 22.8 Å². The molecule has 0 amide bonds. The molecule has 26 heavy (non-hydrogen) atoms. The lowest BCUT2D eigenvalue weighted by molar-refractivity contribution is -0.384. The first-order chi connectivity index (χ1) is 12.2. The van der Waals surface area contributed by atoms with Gasteiger partial charge in [-0.3, -0.25) is 10.1 Å². The largest absolute Gasteiger partial charge is 0.478 e. The van der Waals surface area contributed by atoms with E-state index in [1.807, 2.05) is 13.8 Å². The first kappa shape index (κ1) is 20.1. The van der Waals surface area contributed by atoms with Crippen molar-refractivity contribution in [2.24, 2.45) is 0 Å². The quantitative estimate of drug-likeness (QED) is 0.279. The van der Waals surface area contributed by atoms with Crippen LogP contribution < -0.4 is 4.74 Å². The Morgan fingerprint density at radius 2 is 1.88 bits per heavy atom. The average Bonchev–Trinajstić information content (AvgIpc) is 2.87. The number of non-ortho nitro benzene ring substituents is 1. The van der Waals surface area contributed by atoms with Crippen molar-refractivity contribution in [3.63, 3.8) is 0 Å². The number of benzene rings is 1. The van der Waals surface area contributed by atoms with Crippen LogP contribution in [0, 0.1) is 17.0 Å². The van der Waals surface area contributed by atoms with Crippen LogP contribution >= 0.6 is 0 Å². The standard InChI is InChI=1S/C18H27N3O4Si/c1-6-25-18-17(15-7-9-16(10-8-15)21(22)23)14(2)19-20(18)13-24-11-12-26(3,4)5/h7-10H,6,11-13H2,1-5H3. The molecule has 0 aliphatic heterocycles. The van der Waals surface area contributed by atoms with Crippen molar-refractivity contribution >= 4 is 13.8 Å². The Balaban J connectivity index is 2.23. The van der Waals surface area contributed by atoms with E-state index in [-0.39, 0.29) is 5.69 Å². The number of aromatic nitrogens is 2. The fourth-order valence-corrected chi connectivity index (χ4v) is 3.30. The van der Waals surface area contributed by atoms with E-state index in [0.29, 0.717) is 25.8 Å². The molecule has 0 fully saturated rings. The van der Waals surface area contributed by atoms with Crippen LogP contribution in [0.25, 0.3) is 11.1 Å². The van der Waals surface area contributed by atoms with Gasteiger partial charge in [-0.2, -0.15) is 5.10 Å². The molecule has 0 saturated heterocycles. The smallest absolute Gasteiger partial charge is 0.269 e. The van der Waals surface area contributed by atoms with E-state index in [9.17, 15) is 10.1 Å². The van der Waals surface area contributed by atoms with Gasteiger partial charge < -0.3 is 9.47 Å². The Bertz CT molecular complexity index is 751. The second-order valence-electron chi connectivity index (χ2n) is 7.35. The molecule has 0 spiro atoms. The van der Waals surface area contributed by atoms with E-state index >= 15 is 0 Å². The van der Waals surface area contributed by atoms with Crippen LogP contribution in [0.3, 0.4) is 0 Å². The lowest BCUT2D eigenvalue weighted by Gasteiger charge is -2.16. The van der Waals surface area contributed by atoms with Gasteiger partial charge in [0.1, 0.15) is 6.73 Å². The van der Waals surface area contributed by atoms with Crippen LogP contribution in [0.4, 0.5) is 5.69 Å². The summed E-state index contributed by atoms with van der Waals surface area (Å²) in [5.41, 5.74) is 2.54. The van der Waals surface area contributed by atoms with Gasteiger partial charge >= 0.3 is 0 Å². The number of hydrogen-bond donors (Lipinski definition) is 0. The molecule has 0 aliphatic rings. The van der Waals surface area contributed by atoms with E-state index in [2.05, 4.69) is 24.7 Å². The maximum absolute atomic E-state index is 10.9. The maximum Gasteiger partial charge on any atom is 0.269 e. The molecule has 0 atom stereocenters. The Morgan fingerprint density at radius 3 is 2.42 bits per heavy atom. The minimum absolute atomic E-state index is 0.0615. The molecule has 8 heteroatoms. The summed E-state index contributed by atoms with van der Waals surface area (Å²) in [6.07, 6.45) is 0. The lowest BCUT2D eigenvalue weighted by atomic mass is 10.1. The number of aryl methyl sites for hydroxylation is 1. The van der Waals surface area contributed by atoms with E-state index in [1.165, 1.54) is 12.1 Å². The summed E-state index contributed by atoms with van der Waals surface area (Å²) in [6, 6.07) is 7.52. The van der Waals surface area contributed by atoms with Crippen molar-refractivity contribution in [2.45, 2.75) is 46.3 Å². The van der Waals surface area contributed by atoms with Crippen LogP contribution in [0.2, 0.25) is 25.7 Å². The van der Waals surface area contributed by atoms with Crippen molar-refractivity contribution in [1.29, 1.82) is 0 Å². The molecule has 142 valence electrons. The van der Waals surface area contributed by atoms with Crippen LogP contribution in [-0.2, 0) is 11.5 Å². The van der Waals surface area contributed by atoms with Crippen molar-refractivity contribution < 1.29 is 14.4 Å². The number of nitro benzene ring substituents is 1. The van der Waals surface area contributed by atoms with Crippen LogP contribution in [0.5, 0.6) is 5.88 Å².